The maximum absolute atomic E-state index is 11.1. The number of hydrogen-bond acceptors (Lipinski definition) is 4. The normalized spacial score (nSPS) is 11.0. The van der Waals surface area contributed by atoms with Crippen molar-refractivity contribution in [3.05, 3.63) is 12.2 Å². The van der Waals surface area contributed by atoms with Crippen molar-refractivity contribution >= 4 is 14.6 Å². The minimum Gasteiger partial charge on any atom is -1.00 e. The van der Waals surface area contributed by atoms with E-state index in [2.05, 4.69) is 23.6 Å². The summed E-state index contributed by atoms with van der Waals surface area (Å²) < 4.78 is 4.30. The molecule has 24 heavy (non-hydrogen) atoms. The summed E-state index contributed by atoms with van der Waals surface area (Å²) in [4.78, 5) is 28.1. The summed E-state index contributed by atoms with van der Waals surface area (Å²) in [6.07, 6.45) is 20.7. The summed E-state index contributed by atoms with van der Waals surface area (Å²) in [5, 5.41) is 0. The molecule has 0 aliphatic heterocycles. The van der Waals surface area contributed by atoms with Crippen LogP contribution in [0.1, 0.15) is 98.2 Å². The second kappa shape index (κ2) is 22.2. The van der Waals surface area contributed by atoms with E-state index >= 15 is 0 Å². The third-order valence-electron chi connectivity index (χ3n) is 3.83. The summed E-state index contributed by atoms with van der Waals surface area (Å²) in [5.41, 5.74) is 0. The summed E-state index contributed by atoms with van der Waals surface area (Å²) in [6, 6.07) is 0. The molecule has 0 atom stereocenters. The van der Waals surface area contributed by atoms with Crippen molar-refractivity contribution in [3.8, 4) is 0 Å². The van der Waals surface area contributed by atoms with E-state index in [4.69, 9.17) is 9.79 Å². The molecule has 0 radical (unpaired) electrons. The molecule has 0 saturated heterocycles. The van der Waals surface area contributed by atoms with Crippen LogP contribution in [-0.4, -0.2) is 15.8 Å². The van der Waals surface area contributed by atoms with Crippen LogP contribution in [0.3, 0.4) is 0 Å². The Hall–Kier alpha value is 1.20. The van der Waals surface area contributed by atoms with Gasteiger partial charge in [-0.1, -0.05) is 70.4 Å². The Balaban J connectivity index is -0.00000242. The average Bonchev–Trinajstić information content (AvgIpc) is 2.50. The van der Waals surface area contributed by atoms with Crippen molar-refractivity contribution in [2.45, 2.75) is 96.8 Å². The van der Waals surface area contributed by atoms with Crippen molar-refractivity contribution in [2.24, 2.45) is 0 Å². The van der Waals surface area contributed by atoms with Gasteiger partial charge in [-0.25, -0.2) is 0 Å². The molecule has 0 aromatic carbocycles. The Kier molecular flexibility index (Phi) is 25.4. The van der Waals surface area contributed by atoms with Gasteiger partial charge in [0.2, 0.25) is 0 Å². The first kappa shape index (κ1) is 27.4. The molecule has 0 heterocycles. The van der Waals surface area contributed by atoms with Gasteiger partial charge in [0.25, 0.3) is 0 Å². The van der Waals surface area contributed by atoms with E-state index in [0.29, 0.717) is 0 Å². The zero-order chi connectivity index (χ0) is 17.2. The topological polar surface area (TPSA) is 66.8 Å². The molecule has 138 valence electrons. The van der Waals surface area contributed by atoms with E-state index in [1.807, 2.05) is 0 Å². The molecule has 0 aromatic rings. The van der Waals surface area contributed by atoms with E-state index in [-0.39, 0.29) is 59.2 Å². The van der Waals surface area contributed by atoms with Gasteiger partial charge in [0, 0.05) is 6.42 Å². The predicted octanol–water partition coefficient (Wildman–Crippen LogP) is 2.90. The molecule has 6 heteroatoms. The molecule has 2 N–H and O–H groups in total. The first-order chi connectivity index (χ1) is 11.2. The van der Waals surface area contributed by atoms with Crippen LogP contribution >= 0.6 is 8.60 Å². The largest absolute Gasteiger partial charge is 1.00 e. The van der Waals surface area contributed by atoms with Crippen LogP contribution in [0.25, 0.3) is 0 Å². The summed E-state index contributed by atoms with van der Waals surface area (Å²) in [5.74, 6) is -0.515. The van der Waals surface area contributed by atoms with E-state index < -0.39 is 14.6 Å². The Morgan fingerprint density at radius 2 is 1.33 bits per heavy atom. The maximum atomic E-state index is 11.1. The first-order valence-electron chi connectivity index (χ1n) is 9.20. The van der Waals surface area contributed by atoms with Gasteiger partial charge < -0.3 is 15.7 Å². The van der Waals surface area contributed by atoms with Crippen LogP contribution in [0.5, 0.6) is 0 Å². The third-order valence-corrected chi connectivity index (χ3v) is 4.19. The maximum Gasteiger partial charge on any atom is 1.00 e. The molecule has 0 fully saturated rings. The van der Waals surface area contributed by atoms with Crippen LogP contribution in [0.15, 0.2) is 12.2 Å². The van der Waals surface area contributed by atoms with Crippen molar-refractivity contribution in [1.29, 1.82) is 0 Å². The van der Waals surface area contributed by atoms with Gasteiger partial charge in [0.1, 0.15) is 0 Å². The van der Waals surface area contributed by atoms with Crippen LogP contribution in [-0.2, 0) is 9.32 Å². The number of carbonyl (C=O) groups is 1. The van der Waals surface area contributed by atoms with Crippen molar-refractivity contribution in [2.75, 3.05) is 0 Å². The SMILES string of the molecule is CCCCCCCCC=CCCCCCCCC(=O)OP(O)O.[H-].[K+]. The first-order valence-corrected chi connectivity index (χ1v) is 10.4. The minimum atomic E-state index is -2.54. The zero-order valence-corrected chi connectivity index (χ0v) is 19.7. The molecule has 0 saturated carbocycles. The van der Waals surface area contributed by atoms with Crippen molar-refractivity contribution in [1.82, 2.24) is 0 Å². The van der Waals surface area contributed by atoms with Gasteiger partial charge in [0.15, 0.2) is 0 Å². The quantitative estimate of drug-likeness (QED) is 0.185. The molecule has 4 nitrogen and oxygen atoms in total. The number of hydrogen-bond donors (Lipinski definition) is 2. The van der Waals surface area contributed by atoms with Gasteiger partial charge in [-0.05, 0) is 32.1 Å². The molecule has 0 spiro atoms. The van der Waals surface area contributed by atoms with Gasteiger partial charge in [0.05, 0.1) is 0 Å². The van der Waals surface area contributed by atoms with Gasteiger partial charge >= 0.3 is 66.0 Å². The molecular weight excluding hydrogens is 350 g/mol. The molecule has 0 amide bonds. The molecule has 0 aliphatic carbocycles. The fourth-order valence-electron chi connectivity index (χ4n) is 2.48. The van der Waals surface area contributed by atoms with Gasteiger partial charge in [-0.2, -0.15) is 0 Å². The van der Waals surface area contributed by atoms with Crippen LogP contribution < -0.4 is 51.4 Å². The molecule has 0 rings (SSSR count). The van der Waals surface area contributed by atoms with E-state index in [1.165, 1.54) is 57.8 Å². The number of unbranched alkanes of at least 4 members (excludes halogenated alkanes) is 11. The van der Waals surface area contributed by atoms with Crippen molar-refractivity contribution in [3.63, 3.8) is 0 Å². The zero-order valence-electron chi connectivity index (χ0n) is 16.7. The Morgan fingerprint density at radius 3 is 1.83 bits per heavy atom. The van der Waals surface area contributed by atoms with Crippen LogP contribution in [0.2, 0.25) is 0 Å². The second-order valence-electron chi connectivity index (χ2n) is 6.05. The number of carbonyl (C=O) groups excluding carboxylic acids is 1. The Bertz CT molecular complexity index is 305. The fourth-order valence-corrected chi connectivity index (χ4v) is 2.75. The second-order valence-corrected chi connectivity index (χ2v) is 6.74. The summed E-state index contributed by atoms with van der Waals surface area (Å²) in [6.45, 7) is 2.25. The molecule has 0 aliphatic rings. The predicted molar refractivity (Wildman–Crippen MR) is 98.0 cm³/mol. The van der Waals surface area contributed by atoms with Crippen LogP contribution in [0.4, 0.5) is 0 Å². The summed E-state index contributed by atoms with van der Waals surface area (Å²) in [7, 11) is -2.54. The van der Waals surface area contributed by atoms with E-state index in [1.54, 1.807) is 0 Å². The van der Waals surface area contributed by atoms with Gasteiger partial charge in [-0.3, -0.25) is 4.79 Å². The van der Waals surface area contributed by atoms with Crippen LogP contribution in [0, 0.1) is 0 Å². The standard InChI is InChI=1S/C18H35O4P.K.H/c1-2-3-4-5-6-7-8-9-10-11-12-13-14-15-16-17-18(19)22-23(20)21;;/h9-10,20-21H,2-8,11-17H2,1H3;;/q;+1;-1. The van der Waals surface area contributed by atoms with E-state index in [9.17, 15) is 4.79 Å². The molecule has 0 aromatic heterocycles. The monoisotopic (exact) mass is 386 g/mol. The average molecular weight is 387 g/mol. The molecule has 0 unspecified atom stereocenters. The Morgan fingerprint density at radius 1 is 0.875 bits per heavy atom. The number of rotatable bonds is 16. The third kappa shape index (κ3) is 23.2. The van der Waals surface area contributed by atoms with Crippen molar-refractivity contribution < 1.29 is 71.9 Å². The number of allylic oxidation sites excluding steroid dienone is 2. The Labute approximate surface area is 193 Å². The van der Waals surface area contributed by atoms with E-state index in [0.717, 1.165) is 25.7 Å². The smallest absolute Gasteiger partial charge is 1.00 e. The molecular formula is C18H36KO4P. The summed E-state index contributed by atoms with van der Waals surface area (Å²) >= 11 is 0. The van der Waals surface area contributed by atoms with Gasteiger partial charge in [-0.15, -0.1) is 0 Å². The molecule has 0 bridgehead atoms. The fraction of sp³-hybridized carbons (Fsp3) is 0.833. The minimum absolute atomic E-state index is 0.